The summed E-state index contributed by atoms with van der Waals surface area (Å²) in [7, 11) is 1.66. The van der Waals surface area contributed by atoms with Crippen LogP contribution in [-0.2, 0) is 7.05 Å². The minimum atomic E-state index is -1.14. The molecule has 0 fully saturated rings. The summed E-state index contributed by atoms with van der Waals surface area (Å²) in [4.78, 5) is 33.2. The number of anilines is 1. The maximum absolute atomic E-state index is 13.3. The third-order valence-corrected chi connectivity index (χ3v) is 5.83. The first-order valence-electron chi connectivity index (χ1n) is 10.8. The first-order chi connectivity index (χ1) is 16.7. The lowest BCUT2D eigenvalue weighted by Gasteiger charge is -2.20. The lowest BCUT2D eigenvalue weighted by Crippen LogP contribution is -2.22. The van der Waals surface area contributed by atoms with Crippen LogP contribution >= 0.6 is 0 Å². The van der Waals surface area contributed by atoms with E-state index in [1.807, 2.05) is 19.9 Å². The van der Waals surface area contributed by atoms with E-state index in [9.17, 15) is 14.7 Å². The summed E-state index contributed by atoms with van der Waals surface area (Å²) in [6.07, 6.45) is 0. The third-order valence-electron chi connectivity index (χ3n) is 5.83. The number of rotatable bonds is 5. The Bertz CT molecular complexity index is 1620. The smallest absolute Gasteiger partial charge is 0.336 e. The number of carboxylic acids is 1. The van der Waals surface area contributed by atoms with Crippen molar-refractivity contribution in [2.75, 3.05) is 5.32 Å². The summed E-state index contributed by atoms with van der Waals surface area (Å²) in [6.45, 7) is 10.9. The number of aromatic carboxylic acids is 1. The van der Waals surface area contributed by atoms with Crippen molar-refractivity contribution in [3.05, 3.63) is 98.6 Å². The minimum absolute atomic E-state index is 0.00977. The minimum Gasteiger partial charge on any atom is -0.478 e. The Morgan fingerprint density at radius 3 is 2.54 bits per heavy atom. The number of fused-ring (bicyclic) bond motifs is 1. The van der Waals surface area contributed by atoms with Crippen LogP contribution in [-0.4, -0.2) is 20.6 Å². The van der Waals surface area contributed by atoms with Crippen molar-refractivity contribution >= 4 is 28.2 Å². The van der Waals surface area contributed by atoms with Crippen LogP contribution in [0, 0.1) is 24.8 Å². The fraction of sp³-hybridized carbons (Fsp3) is 0.148. The quantitative estimate of drug-likeness (QED) is 0.393. The van der Waals surface area contributed by atoms with E-state index in [4.69, 9.17) is 16.8 Å². The second-order valence-corrected chi connectivity index (χ2v) is 8.25. The van der Waals surface area contributed by atoms with Crippen molar-refractivity contribution in [3.8, 4) is 17.5 Å². The van der Waals surface area contributed by atoms with Crippen LogP contribution in [0.1, 0.15) is 40.0 Å². The zero-order valence-corrected chi connectivity index (χ0v) is 19.3. The van der Waals surface area contributed by atoms with Gasteiger partial charge in [-0.3, -0.25) is 9.36 Å². The van der Waals surface area contributed by atoms with Gasteiger partial charge in [0.15, 0.2) is 5.69 Å². The molecule has 1 heterocycles. The Morgan fingerprint density at radius 2 is 1.91 bits per heavy atom. The predicted molar refractivity (Wildman–Crippen MR) is 134 cm³/mol. The molecular weight excluding hydrogens is 442 g/mol. The zero-order chi connectivity index (χ0) is 25.3. The number of benzene rings is 3. The third kappa shape index (κ3) is 4.33. The molecule has 0 aliphatic rings. The number of hydrogen-bond acceptors (Lipinski definition) is 5. The van der Waals surface area contributed by atoms with Crippen LogP contribution in [0.25, 0.3) is 27.1 Å². The fourth-order valence-electron chi connectivity index (χ4n) is 4.05. The van der Waals surface area contributed by atoms with Gasteiger partial charge in [-0.15, -0.1) is 0 Å². The van der Waals surface area contributed by atoms with E-state index in [2.05, 4.69) is 16.2 Å². The Morgan fingerprint density at radius 1 is 1.20 bits per heavy atom. The lowest BCUT2D eigenvalue weighted by molar-refractivity contribution is 0.0698. The molecule has 0 spiro atoms. The lowest BCUT2D eigenvalue weighted by atomic mass is 10.00. The summed E-state index contributed by atoms with van der Waals surface area (Å²) in [5.41, 5.74) is 3.69. The van der Waals surface area contributed by atoms with Gasteiger partial charge in [0, 0.05) is 23.9 Å². The highest BCUT2D eigenvalue weighted by Gasteiger charge is 2.19. The monoisotopic (exact) mass is 463 g/mol. The second-order valence-electron chi connectivity index (χ2n) is 8.25. The van der Waals surface area contributed by atoms with Gasteiger partial charge in [-0.25, -0.2) is 14.6 Å². The Labute approximate surface area is 201 Å². The van der Waals surface area contributed by atoms with Crippen LogP contribution in [0.15, 0.2) is 59.4 Å². The van der Waals surface area contributed by atoms with Gasteiger partial charge in [0.05, 0.1) is 40.7 Å². The van der Waals surface area contributed by atoms with Crippen molar-refractivity contribution in [2.45, 2.75) is 19.9 Å². The molecule has 0 aliphatic heterocycles. The predicted octanol–water partition coefficient (Wildman–Crippen LogP) is 5.20. The van der Waals surface area contributed by atoms with Gasteiger partial charge in [0.1, 0.15) is 5.82 Å². The van der Waals surface area contributed by atoms with Gasteiger partial charge in [0.2, 0.25) is 0 Å². The molecule has 0 amide bonds. The molecule has 0 bridgehead atoms. The topological polar surface area (TPSA) is 112 Å². The molecule has 4 aromatic rings. The molecule has 172 valence electrons. The molecular formula is C27H21N5O3. The van der Waals surface area contributed by atoms with E-state index in [-0.39, 0.29) is 16.8 Å². The molecule has 4 rings (SSSR count). The van der Waals surface area contributed by atoms with Gasteiger partial charge in [-0.05, 0) is 61.9 Å². The van der Waals surface area contributed by atoms with Crippen LogP contribution in [0.2, 0.25) is 0 Å². The van der Waals surface area contributed by atoms with Gasteiger partial charge in [-0.1, -0.05) is 12.1 Å². The highest BCUT2D eigenvalue weighted by atomic mass is 16.4. The first-order valence-corrected chi connectivity index (χ1v) is 10.8. The standard InChI is InChI=1S/C27H21N5O3/c1-15-11-20(16(2)30-23-10-9-19(29-3)13-21(23)27(34)35)24-22(12-15)26(33)32(4)25(31-24)18-7-5-17(14-28)6-8-18/h5-13,16,30H,1-2,4H3,(H,34,35)/t16-/m1/s1. The summed E-state index contributed by atoms with van der Waals surface area (Å²) < 4.78 is 1.48. The van der Waals surface area contributed by atoms with E-state index >= 15 is 0 Å². The maximum Gasteiger partial charge on any atom is 0.336 e. The normalized spacial score (nSPS) is 11.5. The number of hydrogen-bond donors (Lipinski definition) is 2. The number of nitriles is 1. The van der Waals surface area contributed by atoms with Crippen LogP contribution in [0.3, 0.4) is 0 Å². The number of nitrogens with zero attached hydrogens (tertiary/aromatic N) is 4. The summed E-state index contributed by atoms with van der Waals surface area (Å²) in [5, 5.41) is 22.4. The average molecular weight is 463 g/mol. The maximum atomic E-state index is 13.3. The van der Waals surface area contributed by atoms with Crippen LogP contribution in [0.4, 0.5) is 11.4 Å². The van der Waals surface area contributed by atoms with E-state index in [0.717, 1.165) is 11.1 Å². The Kier molecular flexibility index (Phi) is 6.05. The molecule has 8 heteroatoms. The van der Waals surface area contributed by atoms with Crippen molar-refractivity contribution in [1.29, 1.82) is 5.26 Å². The van der Waals surface area contributed by atoms with Crippen molar-refractivity contribution in [1.82, 2.24) is 9.55 Å². The Balaban J connectivity index is 1.87. The van der Waals surface area contributed by atoms with Crippen LogP contribution in [0.5, 0.6) is 0 Å². The SMILES string of the molecule is [C-]#[N+]c1ccc(N[C@H](C)c2cc(C)cc3c(=O)n(C)c(-c4ccc(C#N)cc4)nc23)c(C(=O)O)c1. The molecule has 0 aliphatic carbocycles. The number of aryl methyl sites for hydroxylation is 1. The molecule has 0 saturated heterocycles. The number of nitrogens with one attached hydrogen (secondary N) is 1. The van der Waals surface area contributed by atoms with Crippen LogP contribution < -0.4 is 10.9 Å². The van der Waals surface area contributed by atoms with Gasteiger partial charge >= 0.3 is 5.97 Å². The summed E-state index contributed by atoms with van der Waals surface area (Å²) >= 11 is 0. The fourth-order valence-corrected chi connectivity index (χ4v) is 4.05. The largest absolute Gasteiger partial charge is 0.478 e. The zero-order valence-electron chi connectivity index (χ0n) is 19.3. The van der Waals surface area contributed by atoms with Gasteiger partial charge in [0.25, 0.3) is 5.56 Å². The summed E-state index contributed by atoms with van der Waals surface area (Å²) in [6, 6.07) is 16.7. The second kappa shape index (κ2) is 9.12. The highest BCUT2D eigenvalue weighted by Crippen LogP contribution is 2.30. The van der Waals surface area contributed by atoms with E-state index < -0.39 is 12.0 Å². The van der Waals surface area contributed by atoms with Crippen molar-refractivity contribution < 1.29 is 9.90 Å². The molecule has 0 unspecified atom stereocenters. The molecule has 0 radical (unpaired) electrons. The average Bonchev–Trinajstić information content (AvgIpc) is 2.86. The molecule has 1 atom stereocenters. The van der Waals surface area contributed by atoms with E-state index in [1.165, 1.54) is 10.6 Å². The van der Waals surface area contributed by atoms with Gasteiger partial charge in [-0.2, -0.15) is 5.26 Å². The molecule has 1 aromatic heterocycles. The number of carboxylic acid groups (broad SMARTS) is 1. The summed E-state index contributed by atoms with van der Waals surface area (Å²) in [5.74, 6) is -0.689. The number of aromatic nitrogens is 2. The van der Waals surface area contributed by atoms with Crippen molar-refractivity contribution in [2.24, 2.45) is 7.05 Å². The molecule has 8 nitrogen and oxygen atoms in total. The van der Waals surface area contributed by atoms with Gasteiger partial charge < -0.3 is 10.4 Å². The molecule has 35 heavy (non-hydrogen) atoms. The Hall–Kier alpha value is -4.95. The van der Waals surface area contributed by atoms with E-state index in [0.29, 0.717) is 33.5 Å². The molecule has 2 N–H and O–H groups in total. The number of carbonyl (C=O) groups is 1. The first kappa shape index (κ1) is 23.2. The molecule has 3 aromatic carbocycles. The van der Waals surface area contributed by atoms with Crippen molar-refractivity contribution in [3.63, 3.8) is 0 Å². The van der Waals surface area contributed by atoms with E-state index in [1.54, 1.807) is 49.5 Å². The highest BCUT2D eigenvalue weighted by molar-refractivity contribution is 5.96. The molecule has 0 saturated carbocycles.